The van der Waals surface area contributed by atoms with E-state index in [9.17, 15) is 9.59 Å². The Balaban J connectivity index is 1.84. The first-order valence-electron chi connectivity index (χ1n) is 8.76. The van der Waals surface area contributed by atoms with Crippen molar-refractivity contribution >= 4 is 28.3 Å². The summed E-state index contributed by atoms with van der Waals surface area (Å²) >= 11 is 1.27. The Morgan fingerprint density at radius 3 is 2.69 bits per heavy atom. The molecular weight excluding hydrogens is 350 g/mol. The predicted molar refractivity (Wildman–Crippen MR) is 102 cm³/mol. The fourth-order valence-electron chi connectivity index (χ4n) is 3.25. The maximum Gasteiger partial charge on any atom is 0.273 e. The molecule has 0 bridgehead atoms. The number of methoxy groups -OCH3 is 1. The molecule has 7 heteroatoms. The first-order valence-corrected chi connectivity index (χ1v) is 9.64. The highest BCUT2D eigenvalue weighted by molar-refractivity contribution is 7.14. The summed E-state index contributed by atoms with van der Waals surface area (Å²) in [5.74, 6) is 0.532. The summed E-state index contributed by atoms with van der Waals surface area (Å²) in [6, 6.07) is 7.95. The van der Waals surface area contributed by atoms with Gasteiger partial charge in [-0.25, -0.2) is 4.98 Å². The molecule has 1 N–H and O–H groups in total. The van der Waals surface area contributed by atoms with Crippen molar-refractivity contribution in [3.63, 3.8) is 0 Å². The number of rotatable bonds is 4. The van der Waals surface area contributed by atoms with Gasteiger partial charge in [0.1, 0.15) is 11.4 Å². The Kier molecular flexibility index (Phi) is 5.88. The quantitative estimate of drug-likeness (QED) is 0.883. The zero-order chi connectivity index (χ0) is 18.5. The summed E-state index contributed by atoms with van der Waals surface area (Å²) in [5.41, 5.74) is 1.50. The van der Waals surface area contributed by atoms with Crippen molar-refractivity contribution in [2.45, 2.75) is 38.6 Å². The normalized spacial score (nSPS) is 17.5. The predicted octanol–water partition coefficient (Wildman–Crippen LogP) is 3.87. The summed E-state index contributed by atoms with van der Waals surface area (Å²) in [5, 5.41) is 4.80. The molecule has 1 aromatic heterocycles. The van der Waals surface area contributed by atoms with Crippen LogP contribution in [0.1, 0.15) is 54.7 Å². The molecule has 6 nitrogen and oxygen atoms in total. The fourth-order valence-corrected chi connectivity index (χ4v) is 3.98. The first kappa shape index (κ1) is 18.4. The zero-order valence-corrected chi connectivity index (χ0v) is 15.8. The van der Waals surface area contributed by atoms with Gasteiger partial charge in [-0.1, -0.05) is 25.0 Å². The molecule has 0 radical (unpaired) electrons. The Bertz CT molecular complexity index is 773. The highest BCUT2D eigenvalue weighted by Gasteiger charge is 2.29. The van der Waals surface area contributed by atoms with Gasteiger partial charge in [0.15, 0.2) is 5.13 Å². The lowest BCUT2D eigenvalue weighted by atomic mass is 10.0. The summed E-state index contributed by atoms with van der Waals surface area (Å²) in [7, 11) is 1.64. The van der Waals surface area contributed by atoms with Gasteiger partial charge < -0.3 is 15.0 Å². The molecule has 0 spiro atoms. The molecule has 1 atom stereocenters. The van der Waals surface area contributed by atoms with Crippen LogP contribution in [-0.2, 0) is 4.79 Å². The van der Waals surface area contributed by atoms with Crippen molar-refractivity contribution in [1.29, 1.82) is 0 Å². The average Bonchev–Trinajstić information content (AvgIpc) is 2.96. The molecule has 26 heavy (non-hydrogen) atoms. The van der Waals surface area contributed by atoms with Crippen LogP contribution >= 0.6 is 11.3 Å². The number of nitrogens with one attached hydrogen (secondary N) is 1. The van der Waals surface area contributed by atoms with E-state index in [1.165, 1.54) is 18.3 Å². The third kappa shape index (κ3) is 4.22. The van der Waals surface area contributed by atoms with E-state index in [4.69, 9.17) is 4.74 Å². The summed E-state index contributed by atoms with van der Waals surface area (Å²) in [4.78, 5) is 30.5. The lowest BCUT2D eigenvalue weighted by Crippen LogP contribution is -2.35. The number of anilines is 1. The van der Waals surface area contributed by atoms with Crippen LogP contribution in [0.2, 0.25) is 0 Å². The highest BCUT2D eigenvalue weighted by atomic mass is 32.1. The number of hydrogen-bond donors (Lipinski definition) is 1. The number of amides is 2. The number of ether oxygens (including phenoxy) is 1. The molecule has 1 aliphatic heterocycles. The van der Waals surface area contributed by atoms with Gasteiger partial charge in [0.05, 0.1) is 13.2 Å². The summed E-state index contributed by atoms with van der Waals surface area (Å²) in [6.07, 6.45) is 4.13. The van der Waals surface area contributed by atoms with Crippen LogP contribution < -0.4 is 10.1 Å². The standard InChI is InChI=1S/C19H23N3O3S/c1-13(23)20-19-21-16(12-26-19)18(24)22-11-5-3-4-6-17(22)14-7-9-15(25-2)10-8-14/h7-10,12,17H,3-6,11H2,1-2H3,(H,20,21,23)/t17-/m1/s1. The van der Waals surface area contributed by atoms with E-state index in [1.54, 1.807) is 12.5 Å². The lowest BCUT2D eigenvalue weighted by molar-refractivity contribution is -0.114. The minimum absolute atomic E-state index is 0.0295. The SMILES string of the molecule is COc1ccc([C@H]2CCCCCN2C(=O)c2csc(NC(C)=O)n2)cc1. The summed E-state index contributed by atoms with van der Waals surface area (Å²) in [6.45, 7) is 2.14. The topological polar surface area (TPSA) is 71.5 Å². The Morgan fingerprint density at radius 1 is 1.23 bits per heavy atom. The van der Waals surface area contributed by atoms with E-state index in [1.807, 2.05) is 29.2 Å². The zero-order valence-electron chi connectivity index (χ0n) is 15.0. The molecular formula is C19H23N3O3S. The third-order valence-corrected chi connectivity index (χ3v) is 5.28. The van der Waals surface area contributed by atoms with Gasteiger partial charge in [0.25, 0.3) is 5.91 Å². The van der Waals surface area contributed by atoms with E-state index < -0.39 is 0 Å². The molecule has 1 aromatic carbocycles. The van der Waals surface area contributed by atoms with E-state index in [2.05, 4.69) is 10.3 Å². The van der Waals surface area contributed by atoms with Crippen LogP contribution in [0.3, 0.4) is 0 Å². The van der Waals surface area contributed by atoms with E-state index >= 15 is 0 Å². The fraction of sp³-hybridized carbons (Fsp3) is 0.421. The number of nitrogens with zero attached hydrogens (tertiary/aromatic N) is 2. The second kappa shape index (κ2) is 8.31. The molecule has 2 aromatic rings. The van der Waals surface area contributed by atoms with Gasteiger partial charge in [-0.2, -0.15) is 0 Å². The van der Waals surface area contributed by atoms with Crippen LogP contribution in [-0.4, -0.2) is 35.4 Å². The largest absolute Gasteiger partial charge is 0.497 e. The summed E-state index contributed by atoms with van der Waals surface area (Å²) < 4.78 is 5.24. The molecule has 2 heterocycles. The van der Waals surface area contributed by atoms with Crippen LogP contribution in [0.15, 0.2) is 29.6 Å². The minimum Gasteiger partial charge on any atom is -0.497 e. The molecule has 0 unspecified atom stereocenters. The molecule has 138 valence electrons. The van der Waals surface area contributed by atoms with Gasteiger partial charge >= 0.3 is 0 Å². The van der Waals surface area contributed by atoms with Crippen LogP contribution in [0, 0.1) is 0 Å². The molecule has 3 rings (SSSR count). The van der Waals surface area contributed by atoms with Gasteiger partial charge in [-0.3, -0.25) is 9.59 Å². The number of benzene rings is 1. The maximum absolute atomic E-state index is 13.1. The number of carbonyl (C=O) groups is 2. The van der Waals surface area contributed by atoms with Crippen molar-refractivity contribution < 1.29 is 14.3 Å². The minimum atomic E-state index is -0.191. The van der Waals surface area contributed by atoms with Crippen molar-refractivity contribution in [3.05, 3.63) is 40.9 Å². The Labute approximate surface area is 157 Å². The van der Waals surface area contributed by atoms with Crippen molar-refractivity contribution in [2.24, 2.45) is 0 Å². The van der Waals surface area contributed by atoms with Crippen LogP contribution in [0.5, 0.6) is 5.75 Å². The van der Waals surface area contributed by atoms with E-state index in [0.717, 1.165) is 37.0 Å². The second-order valence-corrected chi connectivity index (χ2v) is 7.21. The van der Waals surface area contributed by atoms with Gasteiger partial charge in [0, 0.05) is 18.8 Å². The van der Waals surface area contributed by atoms with Gasteiger partial charge in [0.2, 0.25) is 5.91 Å². The Morgan fingerprint density at radius 2 is 2.00 bits per heavy atom. The lowest BCUT2D eigenvalue weighted by Gasteiger charge is -2.30. The van der Waals surface area contributed by atoms with Crippen molar-refractivity contribution in [3.8, 4) is 5.75 Å². The molecule has 0 saturated carbocycles. The van der Waals surface area contributed by atoms with Crippen molar-refractivity contribution in [1.82, 2.24) is 9.88 Å². The molecule has 1 fully saturated rings. The molecule has 1 saturated heterocycles. The smallest absolute Gasteiger partial charge is 0.273 e. The monoisotopic (exact) mass is 373 g/mol. The number of likely N-dealkylation sites (tertiary alicyclic amines) is 1. The third-order valence-electron chi connectivity index (χ3n) is 4.52. The van der Waals surface area contributed by atoms with Gasteiger partial charge in [-0.15, -0.1) is 11.3 Å². The molecule has 0 aliphatic carbocycles. The van der Waals surface area contributed by atoms with Crippen LogP contribution in [0.4, 0.5) is 5.13 Å². The average molecular weight is 373 g/mol. The maximum atomic E-state index is 13.1. The highest BCUT2D eigenvalue weighted by Crippen LogP contribution is 2.32. The van der Waals surface area contributed by atoms with E-state index in [0.29, 0.717) is 17.4 Å². The number of carbonyl (C=O) groups excluding carboxylic acids is 2. The second-order valence-electron chi connectivity index (χ2n) is 6.36. The number of aromatic nitrogens is 1. The van der Waals surface area contributed by atoms with Crippen molar-refractivity contribution in [2.75, 3.05) is 19.0 Å². The first-order chi connectivity index (χ1) is 12.6. The Hall–Kier alpha value is -2.41. The van der Waals surface area contributed by atoms with Crippen LogP contribution in [0.25, 0.3) is 0 Å². The molecule has 1 aliphatic rings. The molecule has 2 amide bonds. The van der Waals surface area contributed by atoms with Gasteiger partial charge in [-0.05, 0) is 30.5 Å². The number of hydrogen-bond acceptors (Lipinski definition) is 5. The number of thiazole rings is 1. The van der Waals surface area contributed by atoms with E-state index in [-0.39, 0.29) is 17.9 Å².